The van der Waals surface area contributed by atoms with Crippen LogP contribution in [0.15, 0.2) is 47.4 Å². The number of Topliss-reactive ketones (excluding diaryl/α,β-unsaturated/α-hetero) is 1. The lowest BCUT2D eigenvalue weighted by molar-refractivity contribution is -0.114. The SMILES string of the molecule is CC(=O)Nc1ccc(SCC(=O)c2cc(F)ccc2F)cc1. The lowest BCUT2D eigenvalue weighted by Crippen LogP contribution is -2.06. The van der Waals surface area contributed by atoms with Crippen LogP contribution in [-0.4, -0.2) is 17.4 Å². The van der Waals surface area contributed by atoms with Crippen LogP contribution in [-0.2, 0) is 4.79 Å². The van der Waals surface area contributed by atoms with Gasteiger partial charge in [0, 0.05) is 17.5 Å². The zero-order chi connectivity index (χ0) is 16.1. The van der Waals surface area contributed by atoms with E-state index < -0.39 is 17.4 Å². The molecule has 0 spiro atoms. The quantitative estimate of drug-likeness (QED) is 0.671. The first kappa shape index (κ1) is 16.2. The number of rotatable bonds is 5. The smallest absolute Gasteiger partial charge is 0.221 e. The van der Waals surface area contributed by atoms with E-state index in [0.717, 1.165) is 23.1 Å². The van der Waals surface area contributed by atoms with Crippen LogP contribution in [0, 0.1) is 11.6 Å². The normalized spacial score (nSPS) is 10.3. The largest absolute Gasteiger partial charge is 0.326 e. The number of halogens is 2. The number of hydrogen-bond acceptors (Lipinski definition) is 3. The number of thioether (sulfide) groups is 1. The zero-order valence-corrected chi connectivity index (χ0v) is 12.5. The third-order valence-corrected chi connectivity index (χ3v) is 3.79. The number of carbonyl (C=O) groups is 2. The molecule has 2 aromatic rings. The number of amides is 1. The average Bonchev–Trinajstić information content (AvgIpc) is 2.48. The first-order valence-corrected chi connectivity index (χ1v) is 7.43. The van der Waals surface area contributed by atoms with Gasteiger partial charge < -0.3 is 5.32 Å². The van der Waals surface area contributed by atoms with Gasteiger partial charge >= 0.3 is 0 Å². The Morgan fingerprint density at radius 3 is 2.41 bits per heavy atom. The Balaban J connectivity index is 1.99. The molecule has 0 aliphatic rings. The third-order valence-electron chi connectivity index (χ3n) is 2.77. The maximum absolute atomic E-state index is 13.5. The maximum atomic E-state index is 13.5. The number of nitrogens with one attached hydrogen (secondary N) is 1. The van der Waals surface area contributed by atoms with Crippen LogP contribution in [0.5, 0.6) is 0 Å². The van der Waals surface area contributed by atoms with Gasteiger partial charge in [-0.2, -0.15) is 0 Å². The summed E-state index contributed by atoms with van der Waals surface area (Å²) in [6.07, 6.45) is 0. The van der Waals surface area contributed by atoms with Gasteiger partial charge in [0.2, 0.25) is 5.91 Å². The molecule has 2 aromatic carbocycles. The van der Waals surface area contributed by atoms with Crippen LogP contribution in [0.25, 0.3) is 0 Å². The van der Waals surface area contributed by atoms with Crippen LogP contribution < -0.4 is 5.32 Å². The molecule has 0 unspecified atom stereocenters. The molecule has 0 fully saturated rings. The summed E-state index contributed by atoms with van der Waals surface area (Å²) in [4.78, 5) is 23.6. The standard InChI is InChI=1S/C16H13F2NO2S/c1-10(20)19-12-3-5-13(6-4-12)22-9-16(21)14-8-11(17)2-7-15(14)18/h2-8H,9H2,1H3,(H,19,20). The van der Waals surface area contributed by atoms with Gasteiger partial charge in [0.05, 0.1) is 11.3 Å². The monoisotopic (exact) mass is 321 g/mol. The van der Waals surface area contributed by atoms with Crippen LogP contribution in [0.1, 0.15) is 17.3 Å². The van der Waals surface area contributed by atoms with E-state index in [2.05, 4.69) is 5.32 Å². The second-order valence-corrected chi connectivity index (χ2v) is 5.59. The van der Waals surface area contributed by atoms with Crippen molar-refractivity contribution in [2.45, 2.75) is 11.8 Å². The molecule has 0 radical (unpaired) electrons. The molecule has 114 valence electrons. The molecule has 6 heteroatoms. The Kier molecular flexibility index (Phi) is 5.27. The highest BCUT2D eigenvalue weighted by Gasteiger charge is 2.13. The van der Waals surface area contributed by atoms with Gasteiger partial charge in [-0.05, 0) is 42.5 Å². The lowest BCUT2D eigenvalue weighted by Gasteiger charge is -2.05. The molecule has 0 aliphatic heterocycles. The Morgan fingerprint density at radius 2 is 1.77 bits per heavy atom. The van der Waals surface area contributed by atoms with E-state index in [-0.39, 0.29) is 17.2 Å². The molecule has 0 heterocycles. The molecule has 0 aromatic heterocycles. The lowest BCUT2D eigenvalue weighted by atomic mass is 10.1. The van der Waals surface area contributed by atoms with Gasteiger partial charge in [-0.3, -0.25) is 9.59 Å². The first-order chi connectivity index (χ1) is 10.5. The molecule has 0 aliphatic carbocycles. The minimum Gasteiger partial charge on any atom is -0.326 e. The summed E-state index contributed by atoms with van der Waals surface area (Å²) in [5.41, 5.74) is 0.404. The van der Waals surface area contributed by atoms with Crippen molar-refractivity contribution in [3.63, 3.8) is 0 Å². The van der Waals surface area contributed by atoms with E-state index in [1.54, 1.807) is 24.3 Å². The number of anilines is 1. The molecule has 0 saturated heterocycles. The van der Waals surface area contributed by atoms with E-state index in [4.69, 9.17) is 0 Å². The van der Waals surface area contributed by atoms with E-state index in [9.17, 15) is 18.4 Å². The minimum atomic E-state index is -0.729. The molecule has 3 nitrogen and oxygen atoms in total. The summed E-state index contributed by atoms with van der Waals surface area (Å²) in [6.45, 7) is 1.41. The summed E-state index contributed by atoms with van der Waals surface area (Å²) in [6, 6.07) is 9.71. The van der Waals surface area contributed by atoms with Crippen molar-refractivity contribution in [1.29, 1.82) is 0 Å². The van der Waals surface area contributed by atoms with Crippen molar-refractivity contribution in [2.24, 2.45) is 0 Å². The maximum Gasteiger partial charge on any atom is 0.221 e. The van der Waals surface area contributed by atoms with Crippen molar-refractivity contribution < 1.29 is 18.4 Å². The predicted molar refractivity (Wildman–Crippen MR) is 82.2 cm³/mol. The third kappa shape index (κ3) is 4.39. The fourth-order valence-corrected chi connectivity index (χ4v) is 2.56. The molecule has 0 saturated carbocycles. The Bertz CT molecular complexity index is 702. The molecule has 0 bridgehead atoms. The molecule has 0 atom stereocenters. The Morgan fingerprint density at radius 1 is 1.09 bits per heavy atom. The van der Waals surface area contributed by atoms with E-state index in [1.165, 1.54) is 18.7 Å². The Hall–Kier alpha value is -2.21. The van der Waals surface area contributed by atoms with Crippen LogP contribution in [0.4, 0.5) is 14.5 Å². The summed E-state index contributed by atoms with van der Waals surface area (Å²) < 4.78 is 26.5. The van der Waals surface area contributed by atoms with Gasteiger partial charge in [0.1, 0.15) is 11.6 Å². The molecule has 1 N–H and O–H groups in total. The summed E-state index contributed by atoms with van der Waals surface area (Å²) in [5.74, 6) is -2.02. The fraction of sp³-hybridized carbons (Fsp3) is 0.125. The molecular weight excluding hydrogens is 308 g/mol. The van der Waals surface area contributed by atoms with Crippen molar-refractivity contribution >= 4 is 29.1 Å². The highest BCUT2D eigenvalue weighted by Crippen LogP contribution is 2.22. The van der Waals surface area contributed by atoms with E-state index in [1.807, 2.05) is 0 Å². The van der Waals surface area contributed by atoms with Crippen molar-refractivity contribution in [3.8, 4) is 0 Å². The summed E-state index contributed by atoms with van der Waals surface area (Å²) in [7, 11) is 0. The summed E-state index contributed by atoms with van der Waals surface area (Å²) in [5, 5.41) is 2.63. The molecular formula is C16H13F2NO2S. The van der Waals surface area contributed by atoms with Gasteiger partial charge in [-0.15, -0.1) is 11.8 Å². The Labute approximate surface area is 130 Å². The zero-order valence-electron chi connectivity index (χ0n) is 11.7. The van der Waals surface area contributed by atoms with Gasteiger partial charge in [-0.25, -0.2) is 8.78 Å². The summed E-state index contributed by atoms with van der Waals surface area (Å²) >= 11 is 1.21. The van der Waals surface area contributed by atoms with E-state index in [0.29, 0.717) is 5.69 Å². The first-order valence-electron chi connectivity index (χ1n) is 6.44. The molecule has 22 heavy (non-hydrogen) atoms. The number of ketones is 1. The molecule has 1 amide bonds. The van der Waals surface area contributed by atoms with Gasteiger partial charge in [0.15, 0.2) is 5.78 Å². The fourth-order valence-electron chi connectivity index (χ4n) is 1.78. The van der Waals surface area contributed by atoms with Gasteiger partial charge in [-0.1, -0.05) is 0 Å². The van der Waals surface area contributed by atoms with Crippen molar-refractivity contribution in [2.75, 3.05) is 11.1 Å². The second-order valence-electron chi connectivity index (χ2n) is 4.54. The van der Waals surface area contributed by atoms with Crippen molar-refractivity contribution in [3.05, 3.63) is 59.7 Å². The van der Waals surface area contributed by atoms with E-state index >= 15 is 0 Å². The second kappa shape index (κ2) is 7.17. The number of hydrogen-bond donors (Lipinski definition) is 1. The molecule has 2 rings (SSSR count). The minimum absolute atomic E-state index is 0.000142. The average molecular weight is 321 g/mol. The highest BCUT2D eigenvalue weighted by atomic mass is 32.2. The van der Waals surface area contributed by atoms with Crippen LogP contribution >= 0.6 is 11.8 Å². The highest BCUT2D eigenvalue weighted by molar-refractivity contribution is 8.00. The van der Waals surface area contributed by atoms with Crippen molar-refractivity contribution in [1.82, 2.24) is 0 Å². The van der Waals surface area contributed by atoms with Gasteiger partial charge in [0.25, 0.3) is 0 Å². The van der Waals surface area contributed by atoms with Crippen LogP contribution in [0.2, 0.25) is 0 Å². The topological polar surface area (TPSA) is 46.2 Å². The van der Waals surface area contributed by atoms with Crippen LogP contribution in [0.3, 0.4) is 0 Å². The predicted octanol–water partition coefficient (Wildman–Crippen LogP) is 3.90. The number of benzene rings is 2. The number of carbonyl (C=O) groups excluding carboxylic acids is 2.